The van der Waals surface area contributed by atoms with E-state index < -0.39 is 0 Å². The van der Waals surface area contributed by atoms with Crippen LogP contribution in [0, 0.1) is 6.92 Å². The third kappa shape index (κ3) is 1.77. The van der Waals surface area contributed by atoms with Crippen molar-refractivity contribution < 1.29 is 14.2 Å². The zero-order valence-electron chi connectivity index (χ0n) is 14.3. The monoisotopic (exact) mass is 319 g/mol. The molecule has 4 rings (SSSR count). The summed E-state index contributed by atoms with van der Waals surface area (Å²) in [6, 6.07) is 11.6. The van der Waals surface area contributed by atoms with Gasteiger partial charge in [0.15, 0.2) is 0 Å². The first-order valence-electron chi connectivity index (χ1n) is 8.14. The van der Waals surface area contributed by atoms with Crippen molar-refractivity contribution in [2.45, 2.75) is 26.8 Å². The maximum atomic E-state index is 13.2. The molecule has 1 aliphatic rings. The van der Waals surface area contributed by atoms with Crippen molar-refractivity contribution in [3.8, 4) is 0 Å². The van der Waals surface area contributed by atoms with Crippen LogP contribution in [0.15, 0.2) is 36.4 Å². The molecule has 0 spiro atoms. The number of nitrogens with zero attached hydrogens (tertiary/aromatic N) is 2. The van der Waals surface area contributed by atoms with Gasteiger partial charge in [-0.2, -0.15) is 0 Å². The van der Waals surface area contributed by atoms with Crippen LogP contribution in [-0.4, -0.2) is 16.1 Å². The second-order valence-corrected chi connectivity index (χ2v) is 6.67. The van der Waals surface area contributed by atoms with Crippen LogP contribution in [0.3, 0.4) is 0 Å². The Balaban J connectivity index is 2.08. The zero-order chi connectivity index (χ0) is 17.2. The molecule has 2 aromatic carbocycles. The fraction of sp³-hybridized carbons (Fsp3) is 0.250. The van der Waals surface area contributed by atoms with Crippen molar-refractivity contribution in [3.05, 3.63) is 64.7 Å². The van der Waals surface area contributed by atoms with Crippen LogP contribution in [0.2, 0.25) is 0 Å². The van der Waals surface area contributed by atoms with Crippen molar-refractivity contribution in [3.63, 3.8) is 0 Å². The van der Waals surface area contributed by atoms with Gasteiger partial charge in [-0.3, -0.25) is 9.59 Å². The van der Waals surface area contributed by atoms with Crippen molar-refractivity contribution in [1.29, 1.82) is 0 Å². The van der Waals surface area contributed by atoms with E-state index in [1.165, 1.54) is 0 Å². The highest BCUT2D eigenvalue weighted by molar-refractivity contribution is 6.27. The van der Waals surface area contributed by atoms with Gasteiger partial charge >= 0.3 is 0 Å². The summed E-state index contributed by atoms with van der Waals surface area (Å²) >= 11 is 0. The Morgan fingerprint density at radius 1 is 0.958 bits per heavy atom. The normalized spacial score (nSPS) is 13.5. The number of hydrogen-bond donors (Lipinski definition) is 0. The Morgan fingerprint density at radius 2 is 1.50 bits per heavy atom. The minimum Gasteiger partial charge on any atom is -0.284 e. The molecule has 4 heteroatoms. The number of carbonyl (C=O) groups is 2. The minimum absolute atomic E-state index is 0.0669. The fourth-order valence-electron chi connectivity index (χ4n) is 3.74. The van der Waals surface area contributed by atoms with Crippen LogP contribution in [0.5, 0.6) is 0 Å². The Hall–Kier alpha value is -2.75. The van der Waals surface area contributed by atoms with E-state index in [1.54, 1.807) is 0 Å². The lowest BCUT2D eigenvalue weighted by atomic mass is 9.87. The maximum absolute atomic E-state index is 13.2. The number of fused-ring (bicyclic) bond motifs is 3. The Morgan fingerprint density at radius 3 is 2.04 bits per heavy atom. The molecule has 0 aliphatic heterocycles. The Bertz CT molecular complexity index is 1040. The van der Waals surface area contributed by atoms with Crippen LogP contribution in [0.25, 0.3) is 10.8 Å². The van der Waals surface area contributed by atoms with Gasteiger partial charge in [0, 0.05) is 18.1 Å². The van der Waals surface area contributed by atoms with Gasteiger partial charge in [-0.1, -0.05) is 24.3 Å². The molecule has 4 nitrogen and oxygen atoms in total. The molecule has 0 atom stereocenters. The van der Waals surface area contributed by atoms with Gasteiger partial charge in [-0.15, -0.1) is 0 Å². The first-order valence-corrected chi connectivity index (χ1v) is 8.14. The number of imidazole rings is 1. The molecule has 0 radical (unpaired) electrons. The predicted octanol–water partition coefficient (Wildman–Crippen LogP) is 3.13. The minimum atomic E-state index is -0.0737. The summed E-state index contributed by atoms with van der Waals surface area (Å²) in [6.07, 6.45) is 0. The van der Waals surface area contributed by atoms with E-state index in [0.717, 1.165) is 16.6 Å². The topological polar surface area (TPSA) is 43.0 Å². The summed E-state index contributed by atoms with van der Waals surface area (Å²) in [5, 5.41) is 1.95. The maximum Gasteiger partial charge on any atom is 0.254 e. The summed E-state index contributed by atoms with van der Waals surface area (Å²) in [4.78, 5) is 26.3. The third-order valence-corrected chi connectivity index (χ3v) is 4.96. The quantitative estimate of drug-likeness (QED) is 0.506. The fourth-order valence-corrected chi connectivity index (χ4v) is 3.74. The number of rotatable bonds is 1. The molecule has 1 aliphatic carbocycles. The van der Waals surface area contributed by atoms with Gasteiger partial charge in [0.2, 0.25) is 23.0 Å². The molecule has 0 saturated carbocycles. The van der Waals surface area contributed by atoms with Gasteiger partial charge in [0.05, 0.1) is 13.1 Å². The van der Waals surface area contributed by atoms with Crippen LogP contribution in [0.4, 0.5) is 0 Å². The van der Waals surface area contributed by atoms with Crippen molar-refractivity contribution in [2.75, 3.05) is 0 Å². The average Bonchev–Trinajstić information content (AvgIpc) is 2.83. The van der Waals surface area contributed by atoms with E-state index in [2.05, 4.69) is 0 Å². The standard InChI is InChI=1S/C20H19N2O2/c1-11(2)22-12(3)21(4)17-18(22)20(24)16-10-14-8-6-5-7-13(14)9-15(16)19(17)23/h5-11H,1-4H3/q+1. The summed E-state index contributed by atoms with van der Waals surface area (Å²) in [5.41, 5.74) is 2.01. The molecule has 1 heterocycles. The van der Waals surface area contributed by atoms with Gasteiger partial charge < -0.3 is 0 Å². The number of aromatic nitrogens is 2. The van der Waals surface area contributed by atoms with Crippen LogP contribution < -0.4 is 4.57 Å². The molecule has 3 aromatic rings. The smallest absolute Gasteiger partial charge is 0.254 e. The second-order valence-electron chi connectivity index (χ2n) is 6.67. The largest absolute Gasteiger partial charge is 0.284 e. The van der Waals surface area contributed by atoms with Crippen LogP contribution >= 0.6 is 0 Å². The average molecular weight is 319 g/mol. The summed E-state index contributed by atoms with van der Waals surface area (Å²) in [7, 11) is 1.85. The van der Waals surface area contributed by atoms with E-state index in [9.17, 15) is 9.59 Å². The molecule has 0 saturated heterocycles. The lowest BCUT2D eigenvalue weighted by Crippen LogP contribution is -2.39. The number of benzene rings is 2. The van der Waals surface area contributed by atoms with Gasteiger partial charge in [0.25, 0.3) is 5.82 Å². The molecule has 0 amide bonds. The van der Waals surface area contributed by atoms with E-state index in [-0.39, 0.29) is 17.6 Å². The Kier molecular flexibility index (Phi) is 3.01. The summed E-state index contributed by atoms with van der Waals surface area (Å²) in [5.74, 6) is 0.771. The zero-order valence-corrected chi connectivity index (χ0v) is 14.3. The highest BCUT2D eigenvalue weighted by Crippen LogP contribution is 2.31. The first kappa shape index (κ1) is 14.8. The summed E-state index contributed by atoms with van der Waals surface area (Å²) < 4.78 is 3.81. The number of hydrogen-bond acceptors (Lipinski definition) is 2. The lowest BCUT2D eigenvalue weighted by Gasteiger charge is -2.15. The lowest BCUT2D eigenvalue weighted by molar-refractivity contribution is -0.679. The van der Waals surface area contributed by atoms with Gasteiger partial charge in [0.1, 0.15) is 0 Å². The first-order chi connectivity index (χ1) is 11.4. The predicted molar refractivity (Wildman–Crippen MR) is 91.5 cm³/mol. The molecule has 0 bridgehead atoms. The molecule has 0 N–H and O–H groups in total. The van der Waals surface area contributed by atoms with E-state index in [4.69, 9.17) is 0 Å². The van der Waals surface area contributed by atoms with Crippen LogP contribution in [-0.2, 0) is 7.05 Å². The highest BCUT2D eigenvalue weighted by Gasteiger charge is 2.42. The molecule has 120 valence electrons. The molecule has 0 unspecified atom stereocenters. The second kappa shape index (κ2) is 4.87. The van der Waals surface area contributed by atoms with E-state index >= 15 is 0 Å². The van der Waals surface area contributed by atoms with Crippen LogP contribution in [0.1, 0.15) is 57.8 Å². The SMILES string of the molecule is Cc1n(C(C)C)c2c([n+]1C)C(=O)c1cc3ccccc3cc1C2=O. The van der Waals surface area contributed by atoms with Gasteiger partial charge in [-0.05, 0) is 36.8 Å². The van der Waals surface area contributed by atoms with Gasteiger partial charge in [-0.25, -0.2) is 9.13 Å². The van der Waals surface area contributed by atoms with Crippen molar-refractivity contribution in [2.24, 2.45) is 7.05 Å². The molecular weight excluding hydrogens is 300 g/mol. The van der Waals surface area contributed by atoms with Crippen molar-refractivity contribution in [1.82, 2.24) is 4.57 Å². The highest BCUT2D eigenvalue weighted by atomic mass is 16.1. The summed E-state index contributed by atoms with van der Waals surface area (Å²) in [6.45, 7) is 6.00. The third-order valence-electron chi connectivity index (χ3n) is 4.96. The van der Waals surface area contributed by atoms with E-state index in [0.29, 0.717) is 22.5 Å². The number of carbonyl (C=O) groups excluding carboxylic acids is 2. The Labute approximate surface area is 140 Å². The number of ketones is 2. The molecule has 1 aromatic heterocycles. The van der Waals surface area contributed by atoms with Crippen molar-refractivity contribution >= 4 is 22.3 Å². The molecule has 24 heavy (non-hydrogen) atoms. The molecular formula is C20H19N2O2+. The molecule has 0 fully saturated rings. The van der Waals surface area contributed by atoms with E-state index in [1.807, 2.05) is 73.4 Å².